The molecule has 26 heavy (non-hydrogen) atoms. The molecule has 7 nitrogen and oxygen atoms in total. The van der Waals surface area contributed by atoms with Crippen LogP contribution in [0.25, 0.3) is 0 Å². The number of hydrogen-bond acceptors (Lipinski definition) is 4. The molecule has 1 atom stereocenters. The van der Waals surface area contributed by atoms with E-state index in [0.29, 0.717) is 0 Å². The summed E-state index contributed by atoms with van der Waals surface area (Å²) in [6.07, 6.45) is -0.208. The van der Waals surface area contributed by atoms with Gasteiger partial charge in [0.05, 0.1) is 18.5 Å². The first-order chi connectivity index (χ1) is 12.2. The standard InChI is InChI=1S/C19H23N3O4/c1-13(2)19(3,11-17(24)25)20-18(26)15-9-10-16(23)22(21-15)12-14-7-5-4-6-8-14/h4-10,13H,11-12H2,1-3H3,(H,20,26)(H,24,25). The number of carbonyl (C=O) groups is 2. The Morgan fingerprint density at radius 1 is 1.19 bits per heavy atom. The second-order valence-electron chi connectivity index (χ2n) is 6.80. The van der Waals surface area contributed by atoms with Crippen LogP contribution in [-0.2, 0) is 11.3 Å². The molecule has 1 aromatic carbocycles. The van der Waals surface area contributed by atoms with Gasteiger partial charge in [-0.05, 0) is 24.5 Å². The zero-order valence-corrected chi connectivity index (χ0v) is 15.1. The highest BCUT2D eigenvalue weighted by Crippen LogP contribution is 2.21. The summed E-state index contributed by atoms with van der Waals surface area (Å²) < 4.78 is 1.22. The van der Waals surface area contributed by atoms with E-state index in [2.05, 4.69) is 10.4 Å². The summed E-state index contributed by atoms with van der Waals surface area (Å²) in [6.45, 7) is 5.61. The summed E-state index contributed by atoms with van der Waals surface area (Å²) in [7, 11) is 0. The molecular weight excluding hydrogens is 334 g/mol. The molecule has 1 heterocycles. The molecule has 1 unspecified atom stereocenters. The number of benzene rings is 1. The van der Waals surface area contributed by atoms with Crippen molar-refractivity contribution in [3.8, 4) is 0 Å². The molecule has 0 saturated heterocycles. The van der Waals surface area contributed by atoms with Crippen molar-refractivity contribution in [1.29, 1.82) is 0 Å². The van der Waals surface area contributed by atoms with Gasteiger partial charge in [0.1, 0.15) is 5.69 Å². The lowest BCUT2D eigenvalue weighted by Gasteiger charge is -2.33. The van der Waals surface area contributed by atoms with Gasteiger partial charge in [-0.1, -0.05) is 44.2 Å². The van der Waals surface area contributed by atoms with Crippen LogP contribution in [0.5, 0.6) is 0 Å². The molecular formula is C19H23N3O4. The summed E-state index contributed by atoms with van der Waals surface area (Å²) in [5, 5.41) is 16.0. The second kappa shape index (κ2) is 7.95. The van der Waals surface area contributed by atoms with Crippen LogP contribution in [0.1, 0.15) is 43.2 Å². The van der Waals surface area contributed by atoms with Gasteiger partial charge in [-0.25, -0.2) is 4.68 Å². The molecule has 0 radical (unpaired) electrons. The van der Waals surface area contributed by atoms with Crippen LogP contribution in [0.4, 0.5) is 0 Å². The third-order valence-electron chi connectivity index (χ3n) is 4.47. The van der Waals surface area contributed by atoms with E-state index in [9.17, 15) is 14.4 Å². The van der Waals surface area contributed by atoms with Crippen LogP contribution in [0.3, 0.4) is 0 Å². The normalized spacial score (nSPS) is 13.2. The van der Waals surface area contributed by atoms with Gasteiger partial charge in [0.15, 0.2) is 0 Å². The zero-order valence-electron chi connectivity index (χ0n) is 15.1. The molecule has 138 valence electrons. The fraction of sp³-hybridized carbons (Fsp3) is 0.368. The minimum absolute atomic E-state index is 0.0674. The van der Waals surface area contributed by atoms with Crippen molar-refractivity contribution in [2.24, 2.45) is 5.92 Å². The number of aromatic nitrogens is 2. The molecule has 0 fully saturated rings. The SMILES string of the molecule is CC(C)C(C)(CC(=O)O)NC(=O)c1ccc(=O)n(Cc2ccccc2)n1. The molecule has 1 aromatic heterocycles. The first-order valence-electron chi connectivity index (χ1n) is 8.37. The lowest BCUT2D eigenvalue weighted by atomic mass is 9.85. The number of rotatable bonds is 7. The van der Waals surface area contributed by atoms with Crippen molar-refractivity contribution < 1.29 is 14.7 Å². The van der Waals surface area contributed by atoms with Crippen LogP contribution in [0.2, 0.25) is 0 Å². The quantitative estimate of drug-likeness (QED) is 0.788. The van der Waals surface area contributed by atoms with Crippen LogP contribution in [-0.4, -0.2) is 32.3 Å². The van der Waals surface area contributed by atoms with Gasteiger partial charge in [0.2, 0.25) is 0 Å². The van der Waals surface area contributed by atoms with Crippen LogP contribution >= 0.6 is 0 Å². The fourth-order valence-corrected chi connectivity index (χ4v) is 2.47. The maximum absolute atomic E-state index is 12.6. The molecule has 2 aromatic rings. The molecule has 2 N–H and O–H groups in total. The molecule has 0 saturated carbocycles. The summed E-state index contributed by atoms with van der Waals surface area (Å²) >= 11 is 0. The number of carboxylic acids is 1. The fourth-order valence-electron chi connectivity index (χ4n) is 2.47. The Bertz CT molecular complexity index is 845. The van der Waals surface area contributed by atoms with Crippen molar-refractivity contribution in [2.75, 3.05) is 0 Å². The van der Waals surface area contributed by atoms with Crippen molar-refractivity contribution in [1.82, 2.24) is 15.1 Å². The minimum atomic E-state index is -0.997. The van der Waals surface area contributed by atoms with E-state index in [-0.39, 0.29) is 30.1 Å². The van der Waals surface area contributed by atoms with Gasteiger partial charge >= 0.3 is 5.97 Å². The van der Waals surface area contributed by atoms with E-state index in [4.69, 9.17) is 5.11 Å². The summed E-state index contributed by atoms with van der Waals surface area (Å²) in [4.78, 5) is 35.7. The van der Waals surface area contributed by atoms with Gasteiger partial charge in [0.25, 0.3) is 11.5 Å². The average molecular weight is 357 g/mol. The number of nitrogens with one attached hydrogen (secondary N) is 1. The highest BCUT2D eigenvalue weighted by Gasteiger charge is 2.33. The minimum Gasteiger partial charge on any atom is -0.481 e. The topological polar surface area (TPSA) is 101 Å². The summed E-state index contributed by atoms with van der Waals surface area (Å²) in [6, 6.07) is 12.0. The Morgan fingerprint density at radius 2 is 1.85 bits per heavy atom. The van der Waals surface area contributed by atoms with Crippen LogP contribution in [0, 0.1) is 5.92 Å². The largest absolute Gasteiger partial charge is 0.481 e. The molecule has 0 bridgehead atoms. The first kappa shape index (κ1) is 19.4. The maximum atomic E-state index is 12.6. The monoisotopic (exact) mass is 357 g/mol. The Kier molecular flexibility index (Phi) is 5.92. The highest BCUT2D eigenvalue weighted by atomic mass is 16.4. The molecule has 0 spiro atoms. The number of amides is 1. The van der Waals surface area contributed by atoms with E-state index in [0.717, 1.165) is 5.56 Å². The predicted molar refractivity (Wildman–Crippen MR) is 97.0 cm³/mol. The first-order valence-corrected chi connectivity index (χ1v) is 8.37. The van der Waals surface area contributed by atoms with Crippen molar-refractivity contribution >= 4 is 11.9 Å². The van der Waals surface area contributed by atoms with E-state index < -0.39 is 17.4 Å². The number of carboxylic acid groups (broad SMARTS) is 1. The number of aliphatic carboxylic acids is 1. The van der Waals surface area contributed by atoms with Gasteiger partial charge in [-0.3, -0.25) is 14.4 Å². The summed E-state index contributed by atoms with van der Waals surface area (Å²) in [5.41, 5.74) is -0.289. The van der Waals surface area contributed by atoms with Crippen molar-refractivity contribution in [2.45, 2.75) is 39.3 Å². The molecule has 1 amide bonds. The zero-order chi connectivity index (χ0) is 19.3. The van der Waals surface area contributed by atoms with Gasteiger partial charge < -0.3 is 10.4 Å². The Balaban J connectivity index is 2.25. The molecule has 2 rings (SSSR count). The summed E-state index contributed by atoms with van der Waals surface area (Å²) in [5.74, 6) is -1.61. The molecule has 7 heteroatoms. The molecule has 0 aliphatic carbocycles. The average Bonchev–Trinajstić information content (AvgIpc) is 2.56. The molecule has 0 aliphatic heterocycles. The van der Waals surface area contributed by atoms with Gasteiger partial charge in [0, 0.05) is 6.07 Å². The highest BCUT2D eigenvalue weighted by molar-refractivity contribution is 5.92. The predicted octanol–water partition coefficient (Wildman–Crippen LogP) is 1.91. The van der Waals surface area contributed by atoms with E-state index in [1.807, 2.05) is 44.2 Å². The maximum Gasteiger partial charge on any atom is 0.305 e. The Morgan fingerprint density at radius 3 is 2.42 bits per heavy atom. The third kappa shape index (κ3) is 4.78. The molecule has 0 aliphatic rings. The Hall–Kier alpha value is -2.96. The van der Waals surface area contributed by atoms with Crippen molar-refractivity contribution in [3.63, 3.8) is 0 Å². The lowest BCUT2D eigenvalue weighted by molar-refractivity contribution is -0.138. The van der Waals surface area contributed by atoms with Gasteiger partial charge in [-0.2, -0.15) is 5.10 Å². The van der Waals surface area contributed by atoms with E-state index in [1.165, 1.54) is 16.8 Å². The third-order valence-corrected chi connectivity index (χ3v) is 4.47. The van der Waals surface area contributed by atoms with E-state index in [1.54, 1.807) is 6.92 Å². The second-order valence-corrected chi connectivity index (χ2v) is 6.80. The lowest BCUT2D eigenvalue weighted by Crippen LogP contribution is -2.51. The van der Waals surface area contributed by atoms with Crippen LogP contribution in [0.15, 0.2) is 47.3 Å². The van der Waals surface area contributed by atoms with E-state index >= 15 is 0 Å². The van der Waals surface area contributed by atoms with Crippen molar-refractivity contribution in [3.05, 3.63) is 64.1 Å². The van der Waals surface area contributed by atoms with Gasteiger partial charge in [-0.15, -0.1) is 0 Å². The smallest absolute Gasteiger partial charge is 0.305 e. The number of nitrogens with zero attached hydrogens (tertiary/aromatic N) is 2. The Labute approximate surface area is 151 Å². The van der Waals surface area contributed by atoms with Crippen LogP contribution < -0.4 is 10.9 Å². The number of hydrogen-bond donors (Lipinski definition) is 2. The number of carbonyl (C=O) groups excluding carboxylic acids is 1.